The molecule has 2 atom stereocenters. The monoisotopic (exact) mass is 666 g/mol. The van der Waals surface area contributed by atoms with E-state index in [2.05, 4.69) is 9.50 Å². The van der Waals surface area contributed by atoms with Crippen LogP contribution in [0, 0.1) is 17.0 Å². The van der Waals surface area contributed by atoms with E-state index in [9.17, 15) is 45.1 Å². The summed E-state index contributed by atoms with van der Waals surface area (Å²) in [5, 5.41) is 13.7. The lowest BCUT2D eigenvalue weighted by Gasteiger charge is -2.32. The Morgan fingerprint density at radius 2 is 1.53 bits per heavy atom. The van der Waals surface area contributed by atoms with Crippen LogP contribution in [-0.2, 0) is 39.0 Å². The van der Waals surface area contributed by atoms with Gasteiger partial charge in [0, 0.05) is 18.6 Å². The van der Waals surface area contributed by atoms with Gasteiger partial charge in [-0.1, -0.05) is 32.9 Å². The van der Waals surface area contributed by atoms with E-state index in [-0.39, 0.29) is 23.0 Å². The second-order valence-electron chi connectivity index (χ2n) is 12.9. The predicted molar refractivity (Wildman–Crippen MR) is 156 cm³/mol. The number of ether oxygens (including phenoxy) is 1. The van der Waals surface area contributed by atoms with Crippen molar-refractivity contribution in [2.45, 2.75) is 91.1 Å². The number of carbonyl (C=O) groups excluding carboxylic acids is 2. The minimum absolute atomic E-state index is 0.0806. The number of nitrogens with one attached hydrogen (secondary N) is 1. The molecule has 2 rings (SSSR count). The van der Waals surface area contributed by atoms with Crippen LogP contribution in [0.3, 0.4) is 0 Å². The van der Waals surface area contributed by atoms with E-state index in [1.54, 1.807) is 20.8 Å². The number of alkyl halides is 3. The lowest BCUT2D eigenvalue weighted by Crippen LogP contribution is -2.50. The van der Waals surface area contributed by atoms with Gasteiger partial charge >= 0.3 is 21.7 Å². The summed E-state index contributed by atoms with van der Waals surface area (Å²) in [6, 6.07) is 5.28. The number of aliphatic hydroxyl groups is 1. The average Bonchev–Trinajstić information content (AvgIpc) is 2.81. The maximum Gasteiger partial charge on any atom is 0.534 e. The summed E-state index contributed by atoms with van der Waals surface area (Å²) in [7, 11) is -6.09. The molecule has 9 nitrogen and oxygen atoms in total. The smallest absolute Gasteiger partial charge is 0.444 e. The van der Waals surface area contributed by atoms with Crippen LogP contribution < -0.4 is 9.50 Å². The molecule has 2 aromatic carbocycles. The number of amides is 2. The summed E-state index contributed by atoms with van der Waals surface area (Å²) in [5.74, 6) is -3.11. The van der Waals surface area contributed by atoms with Gasteiger partial charge in [0.1, 0.15) is 23.0 Å². The molecule has 0 bridgehead atoms. The molecule has 0 aliphatic carbocycles. The molecule has 2 amide bonds. The van der Waals surface area contributed by atoms with Gasteiger partial charge in [0.25, 0.3) is 0 Å². The summed E-state index contributed by atoms with van der Waals surface area (Å²) in [4.78, 5) is 26.2. The predicted octanol–water partition coefficient (Wildman–Crippen LogP) is 5.63. The molecule has 0 radical (unpaired) electrons. The number of halogens is 5. The number of rotatable bonds is 11. The van der Waals surface area contributed by atoms with Crippen LogP contribution in [0.25, 0.3) is 0 Å². The second-order valence-corrected chi connectivity index (χ2v) is 14.4. The van der Waals surface area contributed by atoms with Crippen molar-refractivity contribution in [1.29, 1.82) is 0 Å². The second kappa shape index (κ2) is 14.3. The lowest BCUT2D eigenvalue weighted by molar-refractivity contribution is -0.120. The molecule has 45 heavy (non-hydrogen) atoms. The van der Waals surface area contributed by atoms with Crippen molar-refractivity contribution in [3.8, 4) is 5.75 Å². The molecule has 0 aliphatic rings. The molecule has 0 heterocycles. The Morgan fingerprint density at radius 3 is 2.02 bits per heavy atom. The maximum absolute atomic E-state index is 13.8. The zero-order valence-corrected chi connectivity index (χ0v) is 26.9. The van der Waals surface area contributed by atoms with Crippen LogP contribution in [0.15, 0.2) is 36.4 Å². The topological polar surface area (TPSA) is 122 Å². The van der Waals surface area contributed by atoms with E-state index in [4.69, 9.17) is 4.74 Å². The molecule has 0 aliphatic heterocycles. The Bertz CT molecular complexity index is 1450. The van der Waals surface area contributed by atoms with Gasteiger partial charge in [-0.3, -0.25) is 4.79 Å². The van der Waals surface area contributed by atoms with Crippen molar-refractivity contribution < 1.29 is 54.0 Å². The van der Waals surface area contributed by atoms with Gasteiger partial charge in [-0.15, -0.1) is 0 Å². The summed E-state index contributed by atoms with van der Waals surface area (Å²) < 4.78 is 101. The molecule has 252 valence electrons. The van der Waals surface area contributed by atoms with Crippen molar-refractivity contribution in [2.24, 2.45) is 5.41 Å². The summed E-state index contributed by atoms with van der Waals surface area (Å²) in [5.41, 5.74) is -6.58. The van der Waals surface area contributed by atoms with Crippen molar-refractivity contribution >= 4 is 22.1 Å². The van der Waals surface area contributed by atoms with Gasteiger partial charge in [-0.2, -0.15) is 21.6 Å². The standard InChI is InChI=1S/C30H39F5N2O7S/c1-18(38)36-24(13-20-11-22(31)14-23(32)12-20)25(39)17-37(27(40)43-29(5,6)7)16-21-10-19(15-28(2,3)4)8-9-26(21)44-45(41,42)30(33,34)35/h8-12,14,24-25,39H,13,15-17H2,1-7H3,(H,36,38)/t24-,25+/m0/s1. The number of hydrogen-bond acceptors (Lipinski definition) is 7. The molecule has 0 saturated heterocycles. The Labute approximate surface area is 259 Å². The maximum atomic E-state index is 13.8. The summed E-state index contributed by atoms with van der Waals surface area (Å²) in [6.45, 7) is 10.3. The zero-order valence-electron chi connectivity index (χ0n) is 26.1. The van der Waals surface area contributed by atoms with E-state index < -0.39 is 75.8 Å². The molecule has 15 heteroatoms. The highest BCUT2D eigenvalue weighted by atomic mass is 32.2. The highest BCUT2D eigenvalue weighted by Crippen LogP contribution is 2.32. The van der Waals surface area contributed by atoms with E-state index in [1.807, 2.05) is 20.8 Å². The molecule has 2 N–H and O–H groups in total. The number of benzene rings is 2. The SMILES string of the molecule is CC(=O)N[C@@H](Cc1cc(F)cc(F)c1)[C@H](O)CN(Cc1cc(CC(C)(C)C)ccc1OS(=O)(=O)C(F)(F)F)C(=O)OC(C)(C)C. The first kappa shape index (κ1) is 37.7. The van der Waals surface area contributed by atoms with E-state index in [0.29, 0.717) is 18.1 Å². The summed E-state index contributed by atoms with van der Waals surface area (Å²) in [6.07, 6.45) is -2.49. The first-order valence-electron chi connectivity index (χ1n) is 13.9. The van der Waals surface area contributed by atoms with E-state index >= 15 is 0 Å². The van der Waals surface area contributed by atoms with E-state index in [1.165, 1.54) is 12.1 Å². The molecular weight excluding hydrogens is 627 g/mol. The van der Waals surface area contributed by atoms with Crippen LogP contribution in [0.1, 0.15) is 65.2 Å². The highest BCUT2D eigenvalue weighted by Gasteiger charge is 2.49. The molecule has 0 spiro atoms. The van der Waals surface area contributed by atoms with Crippen LogP contribution in [0.4, 0.5) is 26.7 Å². The van der Waals surface area contributed by atoms with Crippen molar-refractivity contribution in [3.63, 3.8) is 0 Å². The first-order valence-corrected chi connectivity index (χ1v) is 15.3. The third-order valence-corrected chi connectivity index (χ3v) is 6.96. The fraction of sp³-hybridized carbons (Fsp3) is 0.533. The van der Waals surface area contributed by atoms with Crippen molar-refractivity contribution in [2.75, 3.05) is 6.54 Å². The largest absolute Gasteiger partial charge is 0.534 e. The zero-order chi connectivity index (χ0) is 34.5. The third kappa shape index (κ3) is 12.5. The van der Waals surface area contributed by atoms with Crippen LogP contribution in [-0.4, -0.2) is 60.2 Å². The number of nitrogens with zero attached hydrogens (tertiary/aromatic N) is 1. The number of aliphatic hydroxyl groups excluding tert-OH is 1. The Morgan fingerprint density at radius 1 is 0.956 bits per heavy atom. The first-order chi connectivity index (χ1) is 20.3. The van der Waals surface area contributed by atoms with Crippen molar-refractivity contribution in [3.05, 3.63) is 64.7 Å². The Hall–Kier alpha value is -3.46. The minimum atomic E-state index is -6.09. The Kier molecular flexibility index (Phi) is 12.0. The fourth-order valence-corrected chi connectivity index (χ4v) is 4.83. The lowest BCUT2D eigenvalue weighted by atomic mass is 9.87. The molecule has 0 fully saturated rings. The molecular formula is C30H39F5N2O7S. The van der Waals surface area contributed by atoms with Gasteiger partial charge in [0.2, 0.25) is 5.91 Å². The van der Waals surface area contributed by atoms with Gasteiger partial charge in [-0.25, -0.2) is 13.6 Å². The molecule has 0 saturated carbocycles. The van der Waals surface area contributed by atoms with Crippen LogP contribution in [0.2, 0.25) is 0 Å². The summed E-state index contributed by atoms with van der Waals surface area (Å²) >= 11 is 0. The molecule has 2 aromatic rings. The number of carbonyl (C=O) groups is 2. The van der Waals surface area contributed by atoms with Crippen LogP contribution in [0.5, 0.6) is 5.75 Å². The minimum Gasteiger partial charge on any atom is -0.444 e. The number of hydrogen-bond donors (Lipinski definition) is 2. The molecule has 0 unspecified atom stereocenters. The van der Waals surface area contributed by atoms with Gasteiger partial charge in [0.05, 0.1) is 25.2 Å². The van der Waals surface area contributed by atoms with Gasteiger partial charge < -0.3 is 24.2 Å². The van der Waals surface area contributed by atoms with Gasteiger partial charge in [-0.05, 0) is 68.4 Å². The third-order valence-electron chi connectivity index (χ3n) is 5.99. The fourth-order valence-electron chi connectivity index (χ4n) is 4.34. The van der Waals surface area contributed by atoms with Crippen molar-refractivity contribution in [1.82, 2.24) is 10.2 Å². The van der Waals surface area contributed by atoms with Gasteiger partial charge in [0.15, 0.2) is 0 Å². The van der Waals surface area contributed by atoms with E-state index in [0.717, 1.165) is 30.0 Å². The average molecular weight is 667 g/mol. The Balaban J connectivity index is 2.57. The highest BCUT2D eigenvalue weighted by molar-refractivity contribution is 7.88. The normalized spacial score (nSPS) is 14.0. The van der Waals surface area contributed by atoms with Crippen LogP contribution >= 0.6 is 0 Å². The quantitative estimate of drug-likeness (QED) is 0.181. The molecule has 0 aromatic heterocycles.